The van der Waals surface area contributed by atoms with Gasteiger partial charge >= 0.3 is 0 Å². The number of imidazole rings is 1. The van der Waals surface area contributed by atoms with Gasteiger partial charge in [-0.2, -0.15) is 0 Å². The fraction of sp³-hybridized carbons (Fsp3) is 0.346. The van der Waals surface area contributed by atoms with E-state index >= 15 is 0 Å². The van der Waals surface area contributed by atoms with E-state index in [1.54, 1.807) is 10.9 Å². The fourth-order valence-electron chi connectivity index (χ4n) is 3.51. The first-order chi connectivity index (χ1) is 16.3. The molecule has 0 bridgehead atoms. The van der Waals surface area contributed by atoms with Crippen LogP contribution in [0, 0.1) is 18.9 Å². The number of aromatic nitrogens is 5. The van der Waals surface area contributed by atoms with E-state index in [9.17, 15) is 4.79 Å². The summed E-state index contributed by atoms with van der Waals surface area (Å²) in [6, 6.07) is 11.0. The number of nitrogens with one attached hydrogen (secondary N) is 1. The number of carbonyl (C=O) groups is 1. The quantitative estimate of drug-likeness (QED) is 0.355. The van der Waals surface area contributed by atoms with E-state index in [0.717, 1.165) is 35.5 Å². The molecule has 0 spiro atoms. The van der Waals surface area contributed by atoms with Crippen LogP contribution in [-0.2, 0) is 11.8 Å². The summed E-state index contributed by atoms with van der Waals surface area (Å²) in [7, 11) is 0. The van der Waals surface area contributed by atoms with Crippen molar-refractivity contribution >= 4 is 22.8 Å². The Morgan fingerprint density at radius 3 is 2.76 bits per heavy atom. The van der Waals surface area contributed by atoms with Crippen molar-refractivity contribution in [3.8, 4) is 12.0 Å². The highest BCUT2D eigenvalue weighted by Crippen LogP contribution is 2.27. The highest BCUT2D eigenvalue weighted by molar-refractivity contribution is 5.97. The lowest BCUT2D eigenvalue weighted by Gasteiger charge is -2.12. The second-order valence-electron chi connectivity index (χ2n) is 9.73. The lowest BCUT2D eigenvalue weighted by Crippen LogP contribution is -2.09. The maximum absolute atomic E-state index is 12.9. The Hall–Kier alpha value is -3.99. The SMILES string of the molecule is Cc1ccc(C(=O)Cc2cc(C(C)(C)C)on2)cc1C#Cn1cnc2c(NC3CC3)ncnc21. The molecule has 1 saturated carbocycles. The normalized spacial score (nSPS) is 13.5. The van der Waals surface area contributed by atoms with Gasteiger partial charge in [-0.1, -0.05) is 38.1 Å². The lowest BCUT2D eigenvalue weighted by molar-refractivity contribution is 0.0990. The maximum atomic E-state index is 12.9. The minimum atomic E-state index is -0.155. The average Bonchev–Trinajstić information content (AvgIpc) is 3.30. The molecule has 1 fully saturated rings. The third-order valence-corrected chi connectivity index (χ3v) is 5.76. The van der Waals surface area contributed by atoms with Crippen molar-refractivity contribution in [2.75, 3.05) is 5.32 Å². The molecule has 5 rings (SSSR count). The van der Waals surface area contributed by atoms with Gasteiger partial charge in [0.15, 0.2) is 22.8 Å². The number of hydrogen-bond acceptors (Lipinski definition) is 7. The summed E-state index contributed by atoms with van der Waals surface area (Å²) in [6.45, 7) is 8.11. The predicted octanol–water partition coefficient (Wildman–Crippen LogP) is 4.28. The van der Waals surface area contributed by atoms with Gasteiger partial charge in [0.1, 0.15) is 18.4 Å². The van der Waals surface area contributed by atoms with Crippen molar-refractivity contribution in [2.45, 2.75) is 58.4 Å². The van der Waals surface area contributed by atoms with E-state index in [1.165, 1.54) is 6.33 Å². The molecule has 0 saturated heterocycles. The highest BCUT2D eigenvalue weighted by Gasteiger charge is 2.23. The first kappa shape index (κ1) is 21.8. The second-order valence-corrected chi connectivity index (χ2v) is 9.73. The molecular weight excluding hydrogens is 428 g/mol. The van der Waals surface area contributed by atoms with Crippen LogP contribution in [0.4, 0.5) is 5.82 Å². The Morgan fingerprint density at radius 2 is 2.03 bits per heavy atom. The van der Waals surface area contributed by atoms with Gasteiger partial charge in [-0.25, -0.2) is 19.5 Å². The molecule has 0 unspecified atom stereocenters. The number of nitrogens with zero attached hydrogens (tertiary/aromatic N) is 5. The first-order valence-electron chi connectivity index (χ1n) is 11.3. The molecule has 3 heterocycles. The molecule has 1 aliphatic rings. The van der Waals surface area contributed by atoms with Crippen LogP contribution in [0.25, 0.3) is 11.2 Å². The average molecular weight is 455 g/mol. The van der Waals surface area contributed by atoms with Gasteiger partial charge in [0.2, 0.25) is 0 Å². The van der Waals surface area contributed by atoms with Gasteiger partial charge < -0.3 is 9.84 Å². The van der Waals surface area contributed by atoms with Crippen LogP contribution in [0.2, 0.25) is 0 Å². The van der Waals surface area contributed by atoms with Crippen molar-refractivity contribution < 1.29 is 9.32 Å². The van der Waals surface area contributed by atoms with E-state index in [2.05, 4.69) is 37.4 Å². The topological polar surface area (TPSA) is 98.7 Å². The van der Waals surface area contributed by atoms with Crippen LogP contribution in [0.1, 0.15) is 66.6 Å². The fourth-order valence-corrected chi connectivity index (χ4v) is 3.51. The molecule has 34 heavy (non-hydrogen) atoms. The van der Waals surface area contributed by atoms with Gasteiger partial charge in [0, 0.05) is 34.7 Å². The smallest absolute Gasteiger partial charge is 0.177 e. The number of rotatable bonds is 5. The van der Waals surface area contributed by atoms with Crippen molar-refractivity contribution in [1.82, 2.24) is 24.7 Å². The summed E-state index contributed by atoms with van der Waals surface area (Å²) in [5.74, 6) is 4.63. The van der Waals surface area contributed by atoms with Crippen LogP contribution >= 0.6 is 0 Å². The van der Waals surface area contributed by atoms with Crippen molar-refractivity contribution in [1.29, 1.82) is 0 Å². The van der Waals surface area contributed by atoms with Crippen molar-refractivity contribution in [3.05, 3.63) is 65.1 Å². The molecule has 0 aliphatic heterocycles. The summed E-state index contributed by atoms with van der Waals surface area (Å²) < 4.78 is 7.10. The zero-order valence-corrected chi connectivity index (χ0v) is 19.7. The number of benzene rings is 1. The molecule has 172 valence electrons. The molecule has 1 N–H and O–H groups in total. The zero-order valence-electron chi connectivity index (χ0n) is 19.7. The molecule has 0 atom stereocenters. The molecule has 0 radical (unpaired) electrons. The van der Waals surface area contributed by atoms with Crippen molar-refractivity contribution in [3.63, 3.8) is 0 Å². The van der Waals surface area contributed by atoms with Crippen LogP contribution in [0.15, 0.2) is 41.4 Å². The predicted molar refractivity (Wildman–Crippen MR) is 129 cm³/mol. The van der Waals surface area contributed by atoms with E-state index in [1.807, 2.05) is 52.0 Å². The van der Waals surface area contributed by atoms with Crippen LogP contribution < -0.4 is 5.32 Å². The van der Waals surface area contributed by atoms with Gasteiger partial charge in [-0.05, 0) is 37.3 Å². The molecule has 8 nitrogen and oxygen atoms in total. The number of fused-ring (bicyclic) bond motifs is 1. The molecule has 4 aromatic rings. The molecule has 8 heteroatoms. The Balaban J connectivity index is 1.38. The second kappa shape index (κ2) is 8.41. The van der Waals surface area contributed by atoms with Crippen LogP contribution in [0.3, 0.4) is 0 Å². The molecule has 1 aromatic carbocycles. The standard InChI is InChI=1S/C26H26N6O2/c1-16-5-6-18(21(33)12-20-13-22(34-31-20)26(2,3)4)11-17(16)9-10-32-15-29-23-24(30-19-7-8-19)27-14-28-25(23)32/h5-6,11,13-15,19H,7-8,12H2,1-4H3,(H,27,28,30). The minimum Gasteiger partial charge on any atom is -0.365 e. The van der Waals surface area contributed by atoms with Gasteiger partial charge in [-0.15, -0.1) is 0 Å². The Kier molecular flexibility index (Phi) is 5.40. The van der Waals surface area contributed by atoms with Crippen LogP contribution in [-0.4, -0.2) is 36.5 Å². The number of anilines is 1. The summed E-state index contributed by atoms with van der Waals surface area (Å²) in [6.07, 6.45) is 5.64. The Bertz CT molecular complexity index is 1440. The summed E-state index contributed by atoms with van der Waals surface area (Å²) in [5, 5.41) is 7.44. The van der Waals surface area contributed by atoms with Gasteiger partial charge in [0.05, 0.1) is 12.1 Å². The number of hydrogen-bond donors (Lipinski definition) is 1. The number of carbonyl (C=O) groups excluding carboxylic acids is 1. The summed E-state index contributed by atoms with van der Waals surface area (Å²) >= 11 is 0. The Morgan fingerprint density at radius 1 is 1.21 bits per heavy atom. The van der Waals surface area contributed by atoms with Gasteiger partial charge in [-0.3, -0.25) is 4.79 Å². The molecular formula is C26H26N6O2. The highest BCUT2D eigenvalue weighted by atomic mass is 16.5. The lowest BCUT2D eigenvalue weighted by atomic mass is 9.93. The Labute approximate surface area is 197 Å². The number of ketones is 1. The van der Waals surface area contributed by atoms with E-state index < -0.39 is 0 Å². The summed E-state index contributed by atoms with van der Waals surface area (Å²) in [5.41, 5.74) is 4.16. The van der Waals surface area contributed by atoms with E-state index in [-0.39, 0.29) is 17.6 Å². The molecule has 3 aromatic heterocycles. The zero-order chi connectivity index (χ0) is 23.9. The monoisotopic (exact) mass is 454 g/mol. The van der Waals surface area contributed by atoms with Crippen molar-refractivity contribution in [2.24, 2.45) is 0 Å². The largest absolute Gasteiger partial charge is 0.365 e. The van der Waals surface area contributed by atoms with Gasteiger partial charge in [0.25, 0.3) is 0 Å². The number of aryl methyl sites for hydroxylation is 1. The number of Topliss-reactive ketones (excluding diaryl/α,β-unsaturated/α-hetero) is 1. The molecule has 0 amide bonds. The third-order valence-electron chi connectivity index (χ3n) is 5.76. The van der Waals surface area contributed by atoms with E-state index in [4.69, 9.17) is 4.52 Å². The third kappa shape index (κ3) is 4.55. The molecule has 1 aliphatic carbocycles. The first-order valence-corrected chi connectivity index (χ1v) is 11.3. The summed E-state index contributed by atoms with van der Waals surface area (Å²) in [4.78, 5) is 26.0. The van der Waals surface area contributed by atoms with E-state index in [0.29, 0.717) is 28.5 Å². The van der Waals surface area contributed by atoms with Crippen LogP contribution in [0.5, 0.6) is 0 Å². The maximum Gasteiger partial charge on any atom is 0.177 e. The minimum absolute atomic E-state index is 0.0339.